The predicted octanol–water partition coefficient (Wildman–Crippen LogP) is 1.79. The first-order valence-electron chi connectivity index (χ1n) is 7.31. The molecular formula is C18H18N2Si. The van der Waals surface area contributed by atoms with Crippen LogP contribution in [0.3, 0.4) is 0 Å². The lowest BCUT2D eigenvalue weighted by molar-refractivity contribution is 0.990. The van der Waals surface area contributed by atoms with Gasteiger partial charge in [-0.25, -0.2) is 0 Å². The smallest absolute Gasteiger partial charge is 0.129 e. The number of hydrogen-bond donors (Lipinski definition) is 0. The number of fused-ring (bicyclic) bond motifs is 2. The fraction of sp³-hybridized carbons (Fsp3) is 0.111. The van der Waals surface area contributed by atoms with Crippen LogP contribution in [0, 0.1) is 0 Å². The number of nitrogens with zero attached hydrogens (tertiary/aromatic N) is 2. The van der Waals surface area contributed by atoms with Crippen molar-refractivity contribution in [2.75, 3.05) is 0 Å². The Morgan fingerprint density at radius 2 is 1.10 bits per heavy atom. The Balaban J connectivity index is 1.83. The number of para-hydroxylation sites is 2. The molecule has 0 atom stereocenters. The molecule has 0 aliphatic carbocycles. The van der Waals surface area contributed by atoms with Crippen molar-refractivity contribution in [2.45, 2.75) is 0 Å². The maximum absolute atomic E-state index is 2.36. The summed E-state index contributed by atoms with van der Waals surface area (Å²) in [5.74, 6) is 0. The number of rotatable bonds is 2. The van der Waals surface area contributed by atoms with Crippen LogP contribution in [0.1, 0.15) is 0 Å². The Morgan fingerprint density at radius 3 is 1.52 bits per heavy atom. The first-order valence-corrected chi connectivity index (χ1v) is 8.72. The third-order valence-corrected chi connectivity index (χ3v) is 6.55. The van der Waals surface area contributed by atoms with Crippen LogP contribution in [0.4, 0.5) is 0 Å². The lowest BCUT2D eigenvalue weighted by Gasteiger charge is -2.06. The largest absolute Gasteiger partial charge is 0.352 e. The molecule has 4 rings (SSSR count). The molecule has 0 fully saturated rings. The first kappa shape index (κ1) is 12.5. The summed E-state index contributed by atoms with van der Waals surface area (Å²) in [4.78, 5) is 0. The minimum Gasteiger partial charge on any atom is -0.352 e. The summed E-state index contributed by atoms with van der Waals surface area (Å²) in [6.07, 6.45) is 0. The molecule has 0 bridgehead atoms. The highest BCUT2D eigenvalue weighted by atomic mass is 28.2. The molecule has 0 radical (unpaired) electrons. The minimum absolute atomic E-state index is 0.484. The topological polar surface area (TPSA) is 9.86 Å². The molecule has 104 valence electrons. The molecule has 0 spiro atoms. The summed E-state index contributed by atoms with van der Waals surface area (Å²) in [7, 11) is 3.89. The standard InChI is InChI=1S/C18H18N2Si/c1-19-15-9-5-3-7-13(15)11-17(19)21-18-12-14-8-4-6-10-16(14)20(18)2/h3-12H,21H2,1-2H3. The molecule has 0 aliphatic rings. The van der Waals surface area contributed by atoms with E-state index in [9.17, 15) is 0 Å². The number of hydrogen-bond acceptors (Lipinski definition) is 0. The Kier molecular flexibility index (Phi) is 2.75. The Labute approximate surface area is 126 Å². The van der Waals surface area contributed by atoms with Gasteiger partial charge in [-0.05, 0) is 35.0 Å². The molecule has 21 heavy (non-hydrogen) atoms. The van der Waals surface area contributed by atoms with E-state index in [0.29, 0.717) is 0 Å². The van der Waals surface area contributed by atoms with Gasteiger partial charge in [0.25, 0.3) is 0 Å². The van der Waals surface area contributed by atoms with Crippen LogP contribution in [0.25, 0.3) is 21.8 Å². The fourth-order valence-electron chi connectivity index (χ4n) is 3.22. The van der Waals surface area contributed by atoms with Gasteiger partial charge in [-0.1, -0.05) is 36.4 Å². The highest BCUT2D eigenvalue weighted by molar-refractivity contribution is 6.66. The summed E-state index contributed by atoms with van der Waals surface area (Å²) in [5, 5.41) is 5.67. The molecule has 4 aromatic rings. The van der Waals surface area contributed by atoms with Crippen molar-refractivity contribution in [3.63, 3.8) is 0 Å². The molecule has 0 aliphatic heterocycles. The first-order chi connectivity index (χ1) is 10.2. The van der Waals surface area contributed by atoms with Crippen LogP contribution >= 0.6 is 0 Å². The molecule has 0 saturated carbocycles. The van der Waals surface area contributed by atoms with E-state index in [-0.39, 0.29) is 0 Å². The van der Waals surface area contributed by atoms with Crippen LogP contribution in [0.2, 0.25) is 0 Å². The summed E-state index contributed by atoms with van der Waals surface area (Å²) in [6.45, 7) is 0. The average Bonchev–Trinajstić information content (AvgIpc) is 2.99. The molecule has 2 nitrogen and oxygen atoms in total. The van der Waals surface area contributed by atoms with Crippen molar-refractivity contribution in [1.29, 1.82) is 0 Å². The number of aryl methyl sites for hydroxylation is 2. The SMILES string of the molecule is Cn1c([SiH2]c2cc3ccccc3n2C)cc2ccccc21. The van der Waals surface area contributed by atoms with Gasteiger partial charge in [0.2, 0.25) is 0 Å². The minimum atomic E-state index is -0.484. The third-order valence-electron chi connectivity index (χ3n) is 4.46. The highest BCUT2D eigenvalue weighted by Crippen LogP contribution is 2.14. The van der Waals surface area contributed by atoms with E-state index in [2.05, 4.69) is 83.9 Å². The van der Waals surface area contributed by atoms with Gasteiger partial charge in [0.1, 0.15) is 9.52 Å². The zero-order valence-corrected chi connectivity index (χ0v) is 13.8. The fourth-order valence-corrected chi connectivity index (χ4v) is 5.05. The van der Waals surface area contributed by atoms with E-state index < -0.39 is 9.52 Å². The van der Waals surface area contributed by atoms with E-state index in [1.807, 2.05) is 0 Å². The van der Waals surface area contributed by atoms with E-state index in [4.69, 9.17) is 0 Å². The van der Waals surface area contributed by atoms with E-state index in [1.165, 1.54) is 32.4 Å². The Morgan fingerprint density at radius 1 is 0.667 bits per heavy atom. The zero-order valence-electron chi connectivity index (χ0n) is 12.4. The van der Waals surface area contributed by atoms with Crippen LogP contribution < -0.4 is 10.6 Å². The van der Waals surface area contributed by atoms with Crippen molar-refractivity contribution in [1.82, 2.24) is 9.13 Å². The molecule has 0 saturated heterocycles. The summed E-state index contributed by atoms with van der Waals surface area (Å²) < 4.78 is 4.72. The summed E-state index contributed by atoms with van der Waals surface area (Å²) in [6, 6.07) is 22.0. The van der Waals surface area contributed by atoms with Gasteiger partial charge >= 0.3 is 0 Å². The lowest BCUT2D eigenvalue weighted by atomic mass is 10.2. The van der Waals surface area contributed by atoms with Crippen LogP contribution in [0.5, 0.6) is 0 Å². The molecule has 0 amide bonds. The third kappa shape index (κ3) is 1.93. The predicted molar refractivity (Wildman–Crippen MR) is 93.7 cm³/mol. The van der Waals surface area contributed by atoms with E-state index >= 15 is 0 Å². The molecule has 2 aromatic heterocycles. The van der Waals surface area contributed by atoms with Crippen LogP contribution in [-0.4, -0.2) is 18.7 Å². The van der Waals surface area contributed by atoms with Crippen molar-refractivity contribution in [3.05, 3.63) is 60.7 Å². The Hall–Kier alpha value is -2.26. The molecular weight excluding hydrogens is 272 g/mol. The highest BCUT2D eigenvalue weighted by Gasteiger charge is 2.10. The average molecular weight is 290 g/mol. The van der Waals surface area contributed by atoms with Crippen LogP contribution in [-0.2, 0) is 14.1 Å². The van der Waals surface area contributed by atoms with Gasteiger partial charge in [-0.3, -0.25) is 0 Å². The van der Waals surface area contributed by atoms with Gasteiger partial charge in [0.05, 0.1) is 0 Å². The second-order valence-electron chi connectivity index (χ2n) is 5.68. The van der Waals surface area contributed by atoms with Crippen molar-refractivity contribution < 1.29 is 0 Å². The maximum Gasteiger partial charge on any atom is 0.129 e. The Bertz CT molecular complexity index is 868. The zero-order chi connectivity index (χ0) is 14.4. The van der Waals surface area contributed by atoms with E-state index in [0.717, 1.165) is 0 Å². The van der Waals surface area contributed by atoms with Gasteiger partial charge in [-0.2, -0.15) is 0 Å². The second-order valence-corrected chi connectivity index (χ2v) is 7.49. The van der Waals surface area contributed by atoms with Gasteiger partial charge in [0.15, 0.2) is 0 Å². The number of benzene rings is 2. The molecule has 0 unspecified atom stereocenters. The second kappa shape index (κ2) is 4.64. The molecule has 3 heteroatoms. The van der Waals surface area contributed by atoms with Gasteiger partial charge < -0.3 is 9.13 Å². The van der Waals surface area contributed by atoms with Crippen LogP contribution in [0.15, 0.2) is 60.7 Å². The van der Waals surface area contributed by atoms with Gasteiger partial charge in [-0.15, -0.1) is 0 Å². The normalized spacial score (nSPS) is 11.5. The quantitative estimate of drug-likeness (QED) is 0.498. The number of aromatic nitrogens is 2. The summed E-state index contributed by atoms with van der Waals surface area (Å²) >= 11 is 0. The van der Waals surface area contributed by atoms with Crippen molar-refractivity contribution in [3.8, 4) is 0 Å². The van der Waals surface area contributed by atoms with Crippen molar-refractivity contribution >= 4 is 42.0 Å². The lowest BCUT2D eigenvalue weighted by Crippen LogP contribution is -2.35. The molecule has 0 N–H and O–H groups in total. The monoisotopic (exact) mass is 290 g/mol. The maximum atomic E-state index is 2.36. The summed E-state index contributed by atoms with van der Waals surface area (Å²) in [5.41, 5.74) is 2.66. The molecule has 2 heterocycles. The molecule has 2 aromatic carbocycles. The van der Waals surface area contributed by atoms with Gasteiger partial charge in [0, 0.05) is 35.8 Å². The van der Waals surface area contributed by atoms with Crippen molar-refractivity contribution in [2.24, 2.45) is 14.1 Å². The van der Waals surface area contributed by atoms with E-state index in [1.54, 1.807) is 0 Å².